The van der Waals surface area contributed by atoms with Crippen molar-refractivity contribution in [2.75, 3.05) is 6.61 Å². The molecule has 1 fully saturated rings. The number of hydrogen-bond acceptors (Lipinski definition) is 5. The van der Waals surface area contributed by atoms with Gasteiger partial charge in [-0.3, -0.25) is 14.6 Å². The summed E-state index contributed by atoms with van der Waals surface area (Å²) in [7, 11) is 0. The molecule has 0 radical (unpaired) electrons. The molecule has 31 heavy (non-hydrogen) atoms. The van der Waals surface area contributed by atoms with Gasteiger partial charge in [0, 0.05) is 24.5 Å². The number of Topliss-reactive ketones (excluding diaryl/α,β-unsaturated/α-hetero) is 1. The lowest BCUT2D eigenvalue weighted by Crippen LogP contribution is -2.29. The summed E-state index contributed by atoms with van der Waals surface area (Å²) >= 11 is 0. The van der Waals surface area contributed by atoms with Gasteiger partial charge >= 0.3 is 0 Å². The van der Waals surface area contributed by atoms with Gasteiger partial charge in [-0.1, -0.05) is 42.5 Å². The van der Waals surface area contributed by atoms with Crippen LogP contribution in [0.4, 0.5) is 0 Å². The summed E-state index contributed by atoms with van der Waals surface area (Å²) in [6, 6.07) is 19.0. The van der Waals surface area contributed by atoms with Crippen molar-refractivity contribution < 1.29 is 19.4 Å². The second-order valence-electron chi connectivity index (χ2n) is 7.15. The third kappa shape index (κ3) is 4.05. The first-order valence-corrected chi connectivity index (χ1v) is 10.1. The standard InChI is InChI=1S/C25H22N2O4/c1-2-31-20-10-6-9-19(15-20)23(28)21-22(18-7-4-3-5-8-18)27(25(30)24(21)29)16-17-11-13-26-14-12-17/h3-15,22,28H,2,16H2,1H3/b23-21-. The number of aliphatic hydroxyl groups is 1. The van der Waals surface area contributed by atoms with Crippen molar-refractivity contribution in [2.24, 2.45) is 0 Å². The quantitative estimate of drug-likeness (QED) is 0.373. The number of amides is 1. The Kier molecular flexibility index (Phi) is 5.80. The molecule has 0 aliphatic carbocycles. The van der Waals surface area contributed by atoms with E-state index >= 15 is 0 Å². The van der Waals surface area contributed by atoms with Gasteiger partial charge in [0.1, 0.15) is 11.5 Å². The zero-order chi connectivity index (χ0) is 21.8. The van der Waals surface area contributed by atoms with Crippen LogP contribution in [0.25, 0.3) is 5.76 Å². The summed E-state index contributed by atoms with van der Waals surface area (Å²) in [4.78, 5) is 31.6. The van der Waals surface area contributed by atoms with E-state index in [1.165, 1.54) is 4.90 Å². The third-order valence-corrected chi connectivity index (χ3v) is 5.18. The van der Waals surface area contributed by atoms with Crippen molar-refractivity contribution in [1.29, 1.82) is 0 Å². The molecule has 0 bridgehead atoms. The van der Waals surface area contributed by atoms with Crippen LogP contribution in [0.1, 0.15) is 29.7 Å². The minimum absolute atomic E-state index is 0.0684. The van der Waals surface area contributed by atoms with E-state index in [2.05, 4.69) is 4.98 Å². The fourth-order valence-electron chi connectivity index (χ4n) is 3.77. The summed E-state index contributed by atoms with van der Waals surface area (Å²) < 4.78 is 5.52. The first-order valence-electron chi connectivity index (χ1n) is 10.1. The van der Waals surface area contributed by atoms with Gasteiger partial charge in [-0.25, -0.2) is 0 Å². The second kappa shape index (κ2) is 8.83. The normalized spacial score (nSPS) is 17.7. The number of carbonyl (C=O) groups is 2. The topological polar surface area (TPSA) is 79.7 Å². The van der Waals surface area contributed by atoms with Gasteiger partial charge in [0.05, 0.1) is 18.2 Å². The summed E-state index contributed by atoms with van der Waals surface area (Å²) in [5, 5.41) is 11.1. The fraction of sp³-hybridized carbons (Fsp3) is 0.160. The molecule has 1 aliphatic rings. The lowest BCUT2D eigenvalue weighted by molar-refractivity contribution is -0.140. The molecule has 1 N–H and O–H groups in total. The summed E-state index contributed by atoms with van der Waals surface area (Å²) in [5.41, 5.74) is 2.09. The van der Waals surface area contributed by atoms with E-state index in [1.54, 1.807) is 48.8 Å². The number of aromatic nitrogens is 1. The lowest BCUT2D eigenvalue weighted by atomic mass is 9.95. The number of likely N-dealkylation sites (tertiary alicyclic amines) is 1. The number of rotatable bonds is 6. The highest BCUT2D eigenvalue weighted by atomic mass is 16.5. The lowest BCUT2D eigenvalue weighted by Gasteiger charge is -2.25. The summed E-state index contributed by atoms with van der Waals surface area (Å²) in [6.45, 7) is 2.57. The minimum Gasteiger partial charge on any atom is -0.507 e. The van der Waals surface area contributed by atoms with E-state index in [0.29, 0.717) is 17.9 Å². The van der Waals surface area contributed by atoms with Gasteiger partial charge in [0.15, 0.2) is 0 Å². The number of ether oxygens (including phenoxy) is 1. The largest absolute Gasteiger partial charge is 0.507 e. The SMILES string of the molecule is CCOc1cccc(/C(O)=C2/C(=O)C(=O)N(Cc3ccncc3)C2c2ccccc2)c1. The van der Waals surface area contributed by atoms with Gasteiger partial charge in [0.25, 0.3) is 11.7 Å². The smallest absolute Gasteiger partial charge is 0.295 e. The number of benzene rings is 2. The van der Waals surface area contributed by atoms with E-state index < -0.39 is 17.7 Å². The Bertz CT molecular complexity index is 1130. The molecule has 6 nitrogen and oxygen atoms in total. The van der Waals surface area contributed by atoms with Crippen LogP contribution in [0.2, 0.25) is 0 Å². The van der Waals surface area contributed by atoms with Crippen molar-refractivity contribution in [2.45, 2.75) is 19.5 Å². The van der Waals surface area contributed by atoms with E-state index in [1.807, 2.05) is 37.3 Å². The van der Waals surface area contributed by atoms with Crippen molar-refractivity contribution >= 4 is 17.4 Å². The molecule has 1 amide bonds. The number of ketones is 1. The Balaban J connectivity index is 1.83. The van der Waals surface area contributed by atoms with Crippen LogP contribution in [-0.4, -0.2) is 33.3 Å². The van der Waals surface area contributed by atoms with Crippen LogP contribution >= 0.6 is 0 Å². The van der Waals surface area contributed by atoms with Gasteiger partial charge in [-0.15, -0.1) is 0 Å². The molecule has 2 heterocycles. The van der Waals surface area contributed by atoms with E-state index in [-0.39, 0.29) is 17.9 Å². The number of aliphatic hydroxyl groups excluding tert-OH is 1. The zero-order valence-electron chi connectivity index (χ0n) is 17.1. The fourth-order valence-corrected chi connectivity index (χ4v) is 3.77. The van der Waals surface area contributed by atoms with E-state index in [4.69, 9.17) is 4.74 Å². The van der Waals surface area contributed by atoms with Crippen LogP contribution in [0, 0.1) is 0 Å². The highest BCUT2D eigenvalue weighted by Gasteiger charge is 2.46. The Morgan fingerprint density at radius 2 is 1.77 bits per heavy atom. The Morgan fingerprint density at radius 3 is 2.48 bits per heavy atom. The molecule has 0 saturated carbocycles. The second-order valence-corrected chi connectivity index (χ2v) is 7.15. The molecule has 1 unspecified atom stereocenters. The molecular formula is C25H22N2O4. The maximum Gasteiger partial charge on any atom is 0.295 e. The maximum atomic E-state index is 13.1. The van der Waals surface area contributed by atoms with Crippen molar-refractivity contribution in [3.63, 3.8) is 0 Å². The van der Waals surface area contributed by atoms with Gasteiger partial charge in [-0.2, -0.15) is 0 Å². The van der Waals surface area contributed by atoms with Gasteiger partial charge in [-0.05, 0) is 42.3 Å². The predicted molar refractivity (Wildman–Crippen MR) is 116 cm³/mol. The molecule has 156 valence electrons. The molecule has 1 aromatic heterocycles. The predicted octanol–water partition coefficient (Wildman–Crippen LogP) is 4.10. The van der Waals surface area contributed by atoms with Crippen LogP contribution in [-0.2, 0) is 16.1 Å². The van der Waals surface area contributed by atoms with Crippen LogP contribution in [0.15, 0.2) is 84.7 Å². The van der Waals surface area contributed by atoms with Crippen molar-refractivity contribution in [3.05, 3.63) is 101 Å². The average molecular weight is 414 g/mol. The third-order valence-electron chi connectivity index (χ3n) is 5.18. The Morgan fingerprint density at radius 1 is 1.03 bits per heavy atom. The average Bonchev–Trinajstić information content (AvgIpc) is 3.05. The minimum atomic E-state index is -0.706. The first kappa shape index (κ1) is 20.3. The molecular weight excluding hydrogens is 392 g/mol. The van der Waals surface area contributed by atoms with Crippen LogP contribution < -0.4 is 4.74 Å². The highest BCUT2D eigenvalue weighted by molar-refractivity contribution is 6.46. The molecule has 1 aliphatic heterocycles. The number of pyridine rings is 1. The first-order chi connectivity index (χ1) is 15.1. The molecule has 2 aromatic carbocycles. The number of hydrogen-bond donors (Lipinski definition) is 1. The summed E-state index contributed by atoms with van der Waals surface area (Å²) in [6.07, 6.45) is 3.28. The van der Waals surface area contributed by atoms with E-state index in [0.717, 1.165) is 11.1 Å². The Labute approximate surface area is 180 Å². The number of nitrogens with zero attached hydrogens (tertiary/aromatic N) is 2. The molecule has 1 saturated heterocycles. The molecule has 1 atom stereocenters. The molecule has 0 spiro atoms. The highest BCUT2D eigenvalue weighted by Crippen LogP contribution is 2.40. The van der Waals surface area contributed by atoms with Gasteiger partial charge in [0.2, 0.25) is 0 Å². The maximum absolute atomic E-state index is 13.1. The molecule has 6 heteroatoms. The number of carbonyl (C=O) groups excluding carboxylic acids is 2. The van der Waals surface area contributed by atoms with Crippen molar-refractivity contribution in [3.8, 4) is 5.75 Å². The monoisotopic (exact) mass is 414 g/mol. The molecule has 3 aromatic rings. The summed E-state index contributed by atoms with van der Waals surface area (Å²) in [5.74, 6) is -0.991. The van der Waals surface area contributed by atoms with Crippen molar-refractivity contribution in [1.82, 2.24) is 9.88 Å². The van der Waals surface area contributed by atoms with Crippen LogP contribution in [0.5, 0.6) is 5.75 Å². The zero-order valence-corrected chi connectivity index (χ0v) is 17.1. The van der Waals surface area contributed by atoms with Gasteiger partial charge < -0.3 is 14.7 Å². The molecule has 4 rings (SSSR count). The Hall–Kier alpha value is -3.93. The van der Waals surface area contributed by atoms with E-state index in [9.17, 15) is 14.7 Å². The van der Waals surface area contributed by atoms with Crippen LogP contribution in [0.3, 0.4) is 0 Å².